The number of ketones is 1. The van der Waals surface area contributed by atoms with E-state index in [0.717, 1.165) is 0 Å². The van der Waals surface area contributed by atoms with E-state index < -0.39 is 18.3 Å². The van der Waals surface area contributed by atoms with Crippen LogP contribution in [0.4, 0.5) is 8.78 Å². The van der Waals surface area contributed by atoms with Crippen molar-refractivity contribution in [1.82, 2.24) is 4.98 Å². The number of hydrogen-bond donors (Lipinski definition) is 1. The molecule has 88 valence electrons. The van der Waals surface area contributed by atoms with Crippen molar-refractivity contribution < 1.29 is 13.6 Å². The van der Waals surface area contributed by atoms with Crippen LogP contribution in [0.1, 0.15) is 5.56 Å². The predicted octanol–water partition coefficient (Wildman–Crippen LogP) is 1.85. The molecule has 1 aromatic heterocycles. The van der Waals surface area contributed by atoms with E-state index in [1.54, 1.807) is 18.3 Å². The fourth-order valence-electron chi connectivity index (χ4n) is 1.56. The molecule has 2 aromatic rings. The Bertz CT molecular complexity index is 569. The Kier molecular flexibility index (Phi) is 2.85. The summed E-state index contributed by atoms with van der Waals surface area (Å²) in [5.74, 6) is -4.83. The minimum Gasteiger partial charge on any atom is -0.324 e. The number of rotatable bonds is 3. The van der Waals surface area contributed by atoms with Crippen molar-refractivity contribution in [3.63, 3.8) is 0 Å². The maximum absolute atomic E-state index is 13.6. The van der Waals surface area contributed by atoms with Crippen molar-refractivity contribution in [2.24, 2.45) is 5.73 Å². The molecule has 0 unspecified atom stereocenters. The smallest absolute Gasteiger partial charge is 0.324 e. The van der Waals surface area contributed by atoms with Crippen LogP contribution in [0.2, 0.25) is 0 Å². The molecule has 0 atom stereocenters. The normalized spacial score (nSPS) is 11.7. The first-order chi connectivity index (χ1) is 8.05. The number of Topliss-reactive ketones (excluding diaryl/α,β-unsaturated/α-hetero) is 1. The average molecular weight is 236 g/mol. The number of fused-ring (bicyclic) bond motifs is 1. The van der Waals surface area contributed by atoms with Crippen molar-refractivity contribution in [3.8, 4) is 0 Å². The second-order valence-corrected chi connectivity index (χ2v) is 3.61. The molecule has 5 heteroatoms. The first kappa shape index (κ1) is 11.6. The number of alkyl halides is 2. The number of aromatic nitrogens is 1. The molecule has 1 aromatic carbocycles. The number of pyridine rings is 1. The molecule has 0 aliphatic heterocycles. The summed E-state index contributed by atoms with van der Waals surface area (Å²) >= 11 is 0. The molecule has 2 rings (SSSR count). The highest BCUT2D eigenvalue weighted by atomic mass is 19.3. The Morgan fingerprint density at radius 3 is 2.82 bits per heavy atom. The molecule has 1 heterocycles. The predicted molar refractivity (Wildman–Crippen MR) is 59.7 cm³/mol. The van der Waals surface area contributed by atoms with Crippen LogP contribution in [-0.4, -0.2) is 17.3 Å². The van der Waals surface area contributed by atoms with Gasteiger partial charge in [-0.1, -0.05) is 12.1 Å². The Labute approximate surface area is 96.3 Å². The van der Waals surface area contributed by atoms with Crippen molar-refractivity contribution in [2.45, 2.75) is 5.92 Å². The summed E-state index contributed by atoms with van der Waals surface area (Å²) in [4.78, 5) is 15.1. The minimum absolute atomic E-state index is 0.353. The van der Waals surface area contributed by atoms with E-state index in [1.807, 2.05) is 0 Å². The van der Waals surface area contributed by atoms with Crippen LogP contribution in [0.5, 0.6) is 0 Å². The van der Waals surface area contributed by atoms with Gasteiger partial charge in [0, 0.05) is 17.1 Å². The number of carbonyl (C=O) groups excluding carboxylic acids is 1. The van der Waals surface area contributed by atoms with Gasteiger partial charge in [-0.15, -0.1) is 0 Å². The number of carbonyl (C=O) groups is 1. The SMILES string of the molecule is NCC(=O)C(F)(F)c1ccc2ncccc2c1. The van der Waals surface area contributed by atoms with E-state index in [-0.39, 0.29) is 5.56 Å². The van der Waals surface area contributed by atoms with Gasteiger partial charge < -0.3 is 5.73 Å². The lowest BCUT2D eigenvalue weighted by atomic mass is 10.0. The van der Waals surface area contributed by atoms with Crippen molar-refractivity contribution in [3.05, 3.63) is 42.1 Å². The highest BCUT2D eigenvalue weighted by Gasteiger charge is 2.39. The van der Waals surface area contributed by atoms with Crippen molar-refractivity contribution in [1.29, 1.82) is 0 Å². The molecule has 0 aliphatic carbocycles. The van der Waals surface area contributed by atoms with Crippen LogP contribution in [-0.2, 0) is 10.7 Å². The topological polar surface area (TPSA) is 56.0 Å². The van der Waals surface area contributed by atoms with Gasteiger partial charge in [-0.25, -0.2) is 0 Å². The maximum atomic E-state index is 13.6. The molecule has 0 saturated carbocycles. The summed E-state index contributed by atoms with van der Waals surface area (Å²) in [5.41, 5.74) is 5.22. The molecular formula is C12H10F2N2O. The van der Waals surface area contributed by atoms with E-state index in [1.165, 1.54) is 18.2 Å². The number of nitrogens with zero attached hydrogens (tertiary/aromatic N) is 1. The quantitative estimate of drug-likeness (QED) is 0.884. The number of nitrogens with two attached hydrogens (primary N) is 1. The standard InChI is InChI=1S/C12H10F2N2O/c13-12(14,11(17)7-15)9-3-4-10-8(6-9)2-1-5-16-10/h1-6H,7,15H2. The first-order valence-corrected chi connectivity index (χ1v) is 5.02. The summed E-state index contributed by atoms with van der Waals surface area (Å²) in [5, 5.41) is 0.564. The molecule has 2 N–H and O–H groups in total. The highest BCUT2D eigenvalue weighted by molar-refractivity contribution is 5.90. The fourth-order valence-corrected chi connectivity index (χ4v) is 1.56. The highest BCUT2D eigenvalue weighted by Crippen LogP contribution is 2.30. The third kappa shape index (κ3) is 2.01. The third-order valence-electron chi connectivity index (χ3n) is 2.50. The van der Waals surface area contributed by atoms with E-state index in [0.29, 0.717) is 10.9 Å². The van der Waals surface area contributed by atoms with E-state index in [4.69, 9.17) is 5.73 Å². The van der Waals surface area contributed by atoms with Crippen molar-refractivity contribution in [2.75, 3.05) is 6.54 Å². The summed E-state index contributed by atoms with van der Waals surface area (Å²) in [6.07, 6.45) is 1.57. The molecule has 0 amide bonds. The monoisotopic (exact) mass is 236 g/mol. The lowest BCUT2D eigenvalue weighted by molar-refractivity contribution is -0.142. The second-order valence-electron chi connectivity index (χ2n) is 3.61. The van der Waals surface area contributed by atoms with Crippen LogP contribution in [0, 0.1) is 0 Å². The molecule has 0 bridgehead atoms. The molecule has 17 heavy (non-hydrogen) atoms. The Balaban J connectivity index is 2.53. The van der Waals surface area contributed by atoms with Gasteiger partial charge in [0.15, 0.2) is 0 Å². The molecule has 0 saturated heterocycles. The van der Waals surface area contributed by atoms with Gasteiger partial charge >= 0.3 is 5.92 Å². The minimum atomic E-state index is -3.54. The number of benzene rings is 1. The van der Waals surface area contributed by atoms with Gasteiger partial charge in [-0.2, -0.15) is 8.78 Å². The van der Waals surface area contributed by atoms with Gasteiger partial charge in [-0.05, 0) is 18.2 Å². The molecule has 0 aliphatic rings. The summed E-state index contributed by atoms with van der Waals surface area (Å²) < 4.78 is 27.3. The van der Waals surface area contributed by atoms with Crippen LogP contribution in [0.3, 0.4) is 0 Å². The zero-order valence-electron chi connectivity index (χ0n) is 8.86. The van der Waals surface area contributed by atoms with Crippen LogP contribution in [0.15, 0.2) is 36.5 Å². The Morgan fingerprint density at radius 2 is 2.12 bits per heavy atom. The van der Waals surface area contributed by atoms with E-state index >= 15 is 0 Å². The number of hydrogen-bond acceptors (Lipinski definition) is 3. The summed E-state index contributed by atoms with van der Waals surface area (Å²) in [6, 6.07) is 7.23. The lowest BCUT2D eigenvalue weighted by Gasteiger charge is -2.14. The fraction of sp³-hybridized carbons (Fsp3) is 0.167. The van der Waals surface area contributed by atoms with E-state index in [2.05, 4.69) is 4.98 Å². The zero-order chi connectivity index (χ0) is 12.5. The molecule has 3 nitrogen and oxygen atoms in total. The van der Waals surface area contributed by atoms with Gasteiger partial charge in [0.1, 0.15) is 0 Å². The van der Waals surface area contributed by atoms with Crippen LogP contribution in [0.25, 0.3) is 10.9 Å². The molecular weight excluding hydrogens is 226 g/mol. The van der Waals surface area contributed by atoms with Crippen LogP contribution >= 0.6 is 0 Å². The van der Waals surface area contributed by atoms with Crippen molar-refractivity contribution >= 4 is 16.7 Å². The van der Waals surface area contributed by atoms with Gasteiger partial charge in [0.25, 0.3) is 0 Å². The van der Waals surface area contributed by atoms with Crippen LogP contribution < -0.4 is 5.73 Å². The van der Waals surface area contributed by atoms with Gasteiger partial charge in [0.2, 0.25) is 5.78 Å². The Morgan fingerprint density at radius 1 is 1.35 bits per heavy atom. The zero-order valence-corrected chi connectivity index (χ0v) is 8.86. The average Bonchev–Trinajstić information content (AvgIpc) is 2.37. The summed E-state index contributed by atoms with van der Waals surface area (Å²) in [6.45, 7) is -0.682. The largest absolute Gasteiger partial charge is 0.331 e. The Hall–Kier alpha value is -1.88. The lowest BCUT2D eigenvalue weighted by Crippen LogP contribution is -2.32. The molecule has 0 spiro atoms. The maximum Gasteiger partial charge on any atom is 0.331 e. The van der Waals surface area contributed by atoms with E-state index in [9.17, 15) is 13.6 Å². The molecule has 0 fully saturated rings. The van der Waals surface area contributed by atoms with Gasteiger partial charge in [0.05, 0.1) is 12.1 Å². The second kappa shape index (κ2) is 4.18. The molecule has 0 radical (unpaired) electrons. The third-order valence-corrected chi connectivity index (χ3v) is 2.50. The summed E-state index contributed by atoms with van der Waals surface area (Å²) in [7, 11) is 0. The number of halogens is 2. The van der Waals surface area contributed by atoms with Gasteiger partial charge in [-0.3, -0.25) is 9.78 Å². The first-order valence-electron chi connectivity index (χ1n) is 5.02.